The summed E-state index contributed by atoms with van der Waals surface area (Å²) in [4.78, 5) is 40.0. The van der Waals surface area contributed by atoms with Gasteiger partial charge in [0.25, 0.3) is 0 Å². The number of carbonyl (C=O) groups excluding carboxylic acids is 3. The third-order valence-corrected chi connectivity index (χ3v) is 13.4. The van der Waals surface area contributed by atoms with Gasteiger partial charge in [0.1, 0.15) is 11.2 Å². The Labute approximate surface area is 233 Å². The van der Waals surface area contributed by atoms with Crippen LogP contribution in [0.1, 0.15) is 75.7 Å². The molecule has 2 atom stereocenters. The fraction of sp³-hybridized carbons (Fsp3) is 0.759. The zero-order chi connectivity index (χ0) is 30.1. The van der Waals surface area contributed by atoms with E-state index in [-0.39, 0.29) is 22.1 Å². The van der Waals surface area contributed by atoms with Crippen molar-refractivity contribution in [3.05, 3.63) is 22.4 Å². The van der Waals surface area contributed by atoms with Crippen LogP contribution in [0.4, 0.5) is 0 Å². The average Bonchev–Trinajstić information content (AvgIpc) is 2.63. The molecule has 0 fully saturated rings. The summed E-state index contributed by atoms with van der Waals surface area (Å²) in [7, 11) is -4.26. The minimum absolute atomic E-state index is 0.0209. The highest BCUT2D eigenvalue weighted by Gasteiger charge is 2.45. The Kier molecular flexibility index (Phi) is 10.7. The van der Waals surface area contributed by atoms with Crippen molar-refractivity contribution in [3.8, 4) is 0 Å². The minimum atomic E-state index is -2.19. The first-order valence-electron chi connectivity index (χ1n) is 13.6. The van der Waals surface area contributed by atoms with Gasteiger partial charge in [0, 0.05) is 19.4 Å². The molecule has 0 saturated carbocycles. The summed E-state index contributed by atoms with van der Waals surface area (Å²) in [5, 5.41) is 3.84. The van der Waals surface area contributed by atoms with Gasteiger partial charge < -0.3 is 19.2 Å². The number of nitrogens with one attached hydrogen (secondary N) is 1. The van der Waals surface area contributed by atoms with Gasteiger partial charge in [-0.15, -0.1) is 0 Å². The van der Waals surface area contributed by atoms with Crippen molar-refractivity contribution in [2.45, 2.75) is 131 Å². The number of carbonyl (C=O) groups is 3. The predicted molar refractivity (Wildman–Crippen MR) is 159 cm³/mol. The molecular formula is C29H53NO6Si2. The lowest BCUT2D eigenvalue weighted by atomic mass is 9.80. The van der Waals surface area contributed by atoms with Crippen molar-refractivity contribution in [1.29, 1.82) is 0 Å². The molecular weight excluding hydrogens is 514 g/mol. The third kappa shape index (κ3) is 9.79. The van der Waals surface area contributed by atoms with Crippen molar-refractivity contribution in [2.75, 3.05) is 6.61 Å². The molecule has 0 unspecified atom stereocenters. The third-order valence-electron chi connectivity index (χ3n) is 6.79. The van der Waals surface area contributed by atoms with Gasteiger partial charge in [-0.1, -0.05) is 46.5 Å². The topological polar surface area (TPSA) is 90.9 Å². The van der Waals surface area contributed by atoms with Crippen molar-refractivity contribution in [3.63, 3.8) is 0 Å². The van der Waals surface area contributed by atoms with Crippen LogP contribution < -0.4 is 5.32 Å². The highest BCUT2D eigenvalue weighted by molar-refractivity contribution is 6.84. The minimum Gasteiger partial charge on any atom is -0.457 e. The summed E-state index contributed by atoms with van der Waals surface area (Å²) >= 11 is 0. The average molecular weight is 568 g/mol. The number of esters is 2. The van der Waals surface area contributed by atoms with Crippen LogP contribution in [0, 0.1) is 5.92 Å². The van der Waals surface area contributed by atoms with E-state index in [9.17, 15) is 14.4 Å². The van der Waals surface area contributed by atoms with E-state index in [1.165, 1.54) is 6.92 Å². The van der Waals surface area contributed by atoms with Crippen LogP contribution in [0.3, 0.4) is 0 Å². The van der Waals surface area contributed by atoms with Crippen LogP contribution in [-0.4, -0.2) is 58.1 Å². The van der Waals surface area contributed by atoms with Crippen LogP contribution >= 0.6 is 0 Å². The molecule has 0 saturated heterocycles. The molecule has 0 aromatic carbocycles. The Bertz CT molecular complexity index is 969. The molecule has 0 heterocycles. The van der Waals surface area contributed by atoms with Crippen molar-refractivity contribution in [2.24, 2.45) is 5.92 Å². The molecule has 0 aromatic heterocycles. The van der Waals surface area contributed by atoms with E-state index in [1.807, 2.05) is 26.8 Å². The van der Waals surface area contributed by atoms with Gasteiger partial charge in [0.2, 0.25) is 5.91 Å². The molecule has 1 N–H and O–H groups in total. The molecule has 1 amide bonds. The van der Waals surface area contributed by atoms with Crippen molar-refractivity contribution >= 4 is 34.2 Å². The zero-order valence-electron chi connectivity index (χ0n) is 26.6. The number of amides is 1. The summed E-state index contributed by atoms with van der Waals surface area (Å²) in [6, 6.07) is -0.481. The fourth-order valence-corrected chi connectivity index (χ4v) is 6.74. The van der Waals surface area contributed by atoms with Crippen LogP contribution in [0.25, 0.3) is 0 Å². The molecule has 1 aliphatic carbocycles. The second-order valence-corrected chi connectivity index (χ2v) is 24.7. The van der Waals surface area contributed by atoms with E-state index < -0.39 is 51.5 Å². The van der Waals surface area contributed by atoms with E-state index in [1.54, 1.807) is 20.8 Å². The number of hydrogen-bond acceptors (Lipinski definition) is 6. The summed E-state index contributed by atoms with van der Waals surface area (Å²) < 4.78 is 18.2. The smallest absolute Gasteiger partial charge is 0.339 e. The zero-order valence-corrected chi connectivity index (χ0v) is 28.6. The molecule has 0 spiro atoms. The Morgan fingerprint density at radius 3 is 1.71 bits per heavy atom. The van der Waals surface area contributed by atoms with Gasteiger partial charge in [-0.2, -0.15) is 0 Å². The molecule has 7 nitrogen and oxygen atoms in total. The van der Waals surface area contributed by atoms with Gasteiger partial charge in [-0.25, -0.2) is 9.59 Å². The van der Waals surface area contributed by atoms with Crippen molar-refractivity contribution in [1.82, 2.24) is 5.32 Å². The lowest BCUT2D eigenvalue weighted by Gasteiger charge is -2.39. The molecule has 1 rings (SSSR count). The standard InChI is InChI=1S/C29H53NO6Si2/c1-19(31)30-21-18-22(37(11,12)13)24(26(33)36-28(5,6)7)23(25(32)35-27(2,3)4)20(21)16-17-34-38(14,15)29(8,9)10/h18,20-21H,16-17H2,1-15H3,(H,30,31)/t20-,21-/m0/s1. The first-order chi connectivity index (χ1) is 16.8. The SMILES string of the molecule is CC(=O)N[C@H]1C=C([Si](C)(C)C)C(C(=O)OC(C)(C)C)=C(C(=O)OC(C)(C)C)[C@H]1CCO[Si](C)(C)C(C)(C)C. The quantitative estimate of drug-likeness (QED) is 0.273. The predicted octanol–water partition coefficient (Wildman–Crippen LogP) is 6.32. The molecule has 0 aliphatic heterocycles. The number of rotatable bonds is 8. The van der Waals surface area contributed by atoms with E-state index in [0.29, 0.717) is 13.0 Å². The molecule has 0 radical (unpaired) electrons. The molecule has 38 heavy (non-hydrogen) atoms. The van der Waals surface area contributed by atoms with Gasteiger partial charge in [0.05, 0.1) is 25.3 Å². The Hall–Kier alpha value is -1.72. The van der Waals surface area contributed by atoms with Gasteiger partial charge in [0.15, 0.2) is 8.32 Å². The number of ether oxygens (including phenoxy) is 2. The Morgan fingerprint density at radius 1 is 0.842 bits per heavy atom. The van der Waals surface area contributed by atoms with E-state index in [4.69, 9.17) is 13.9 Å². The molecule has 1 aliphatic rings. The van der Waals surface area contributed by atoms with Crippen LogP contribution in [-0.2, 0) is 28.3 Å². The highest BCUT2D eigenvalue weighted by atomic mass is 28.4. The van der Waals surface area contributed by atoms with Gasteiger partial charge >= 0.3 is 11.9 Å². The fourth-order valence-electron chi connectivity index (χ4n) is 4.01. The first kappa shape index (κ1) is 34.3. The Balaban J connectivity index is 3.84. The van der Waals surface area contributed by atoms with Crippen LogP contribution in [0.2, 0.25) is 37.8 Å². The van der Waals surface area contributed by atoms with E-state index >= 15 is 0 Å². The molecule has 0 bridgehead atoms. The molecule has 0 aromatic rings. The maximum atomic E-state index is 13.9. The van der Waals surface area contributed by atoms with E-state index in [2.05, 4.69) is 58.8 Å². The largest absolute Gasteiger partial charge is 0.457 e. The maximum Gasteiger partial charge on any atom is 0.339 e. The van der Waals surface area contributed by atoms with Crippen LogP contribution in [0.15, 0.2) is 22.4 Å². The summed E-state index contributed by atoms with van der Waals surface area (Å²) in [6.07, 6.45) is 2.41. The van der Waals surface area contributed by atoms with Gasteiger partial charge in [-0.05, 0) is 71.3 Å². The lowest BCUT2D eigenvalue weighted by Crippen LogP contribution is -2.48. The lowest BCUT2D eigenvalue weighted by molar-refractivity contribution is -0.154. The van der Waals surface area contributed by atoms with E-state index in [0.717, 1.165) is 5.20 Å². The normalized spacial score (nSPS) is 19.6. The summed E-state index contributed by atoms with van der Waals surface area (Å²) in [5.41, 5.74) is -0.961. The monoisotopic (exact) mass is 567 g/mol. The molecule has 218 valence electrons. The summed E-state index contributed by atoms with van der Waals surface area (Å²) in [5.74, 6) is -1.82. The second-order valence-electron chi connectivity index (χ2n) is 14.9. The van der Waals surface area contributed by atoms with Gasteiger partial charge in [-0.3, -0.25) is 4.79 Å². The Morgan fingerprint density at radius 2 is 1.32 bits per heavy atom. The highest BCUT2D eigenvalue weighted by Crippen LogP contribution is 2.41. The second kappa shape index (κ2) is 11.8. The number of hydrogen-bond donors (Lipinski definition) is 1. The molecule has 9 heteroatoms. The first-order valence-corrected chi connectivity index (χ1v) is 20.0. The van der Waals surface area contributed by atoms with Crippen molar-refractivity contribution < 1.29 is 28.3 Å². The summed E-state index contributed by atoms with van der Waals surface area (Å²) in [6.45, 7) is 29.9. The van der Waals surface area contributed by atoms with Crippen LogP contribution in [0.5, 0.6) is 0 Å². The maximum absolute atomic E-state index is 13.9.